The molecule has 1 heterocycles. The third kappa shape index (κ3) is 8.04. The quantitative estimate of drug-likeness (QED) is 0.0371. The molecule has 9 rings (SSSR count). The highest BCUT2D eigenvalue weighted by Gasteiger charge is 2.52. The summed E-state index contributed by atoms with van der Waals surface area (Å²) >= 11 is 0. The van der Waals surface area contributed by atoms with Crippen molar-refractivity contribution in [1.82, 2.24) is 0 Å². The first-order valence-corrected chi connectivity index (χ1v) is 20.7. The van der Waals surface area contributed by atoms with Crippen molar-refractivity contribution in [3.05, 3.63) is 231 Å². The lowest BCUT2D eigenvalue weighted by Gasteiger charge is -2.44. The minimum absolute atomic E-state index is 0.104. The van der Waals surface area contributed by atoms with Gasteiger partial charge < -0.3 is 0 Å². The number of carbonyl (C=O) groups is 1. The SMILES string of the molecule is Fc1c(F)c(F)c([B-](c2c(F)c(F)c(F)c(F)c2F)(c2c(F)c(F)c(F)c(F)c2F)c2c(F)c(F)c(F)c(F)c2F)c(F)c1F.O=C(C[n+]1ccc2ccccc2c1-c1cccc2ccccc12)c1ccccc1. The smallest absolute Gasteiger partial charge is 0.227 e. The standard InChI is InChI=1S/C27H20NO.C24BF20/c29-26(22-11-2-1-3-12-22)19-28-18-17-21-10-5-7-15-24(21)27(28)25-16-8-13-20-9-4-6-14-23(20)25;26-5-1(6(27)14(35)21(42)13(5)34)25(2-7(28)15(36)22(43)16(37)8(2)29,3-9(30)17(38)23(44)18(39)10(3)31)4-11(32)19(40)24(45)20(41)12(4)33/h1-18H,19H2;/q+1;-1. The van der Waals surface area contributed by atoms with Crippen LogP contribution in [-0.2, 0) is 6.54 Å². The third-order valence-electron chi connectivity index (χ3n) is 12.1. The number of carbonyl (C=O) groups excluding carboxylic acids is 1. The fourth-order valence-corrected chi connectivity index (χ4v) is 8.87. The summed E-state index contributed by atoms with van der Waals surface area (Å²) in [6.45, 7) is 0.299. The van der Waals surface area contributed by atoms with Crippen molar-refractivity contribution in [2.45, 2.75) is 6.54 Å². The second-order valence-corrected chi connectivity index (χ2v) is 16.0. The van der Waals surface area contributed by atoms with Crippen LogP contribution < -0.4 is 26.4 Å². The van der Waals surface area contributed by atoms with Crippen LogP contribution >= 0.6 is 0 Å². The maximum atomic E-state index is 15.4. The van der Waals surface area contributed by atoms with Crippen LogP contribution in [0.1, 0.15) is 10.4 Å². The third-order valence-corrected chi connectivity index (χ3v) is 12.1. The molecule has 74 heavy (non-hydrogen) atoms. The van der Waals surface area contributed by atoms with Crippen LogP contribution in [0.25, 0.3) is 32.8 Å². The Labute approximate surface area is 400 Å². The van der Waals surface area contributed by atoms with E-state index in [1.165, 1.54) is 16.2 Å². The minimum Gasteiger partial charge on any atom is -0.287 e. The molecular weight excluding hydrogens is 1030 g/mol. The molecule has 1 aromatic heterocycles. The Morgan fingerprint density at radius 2 is 0.622 bits per heavy atom. The fraction of sp³-hybridized carbons (Fsp3) is 0.0196. The van der Waals surface area contributed by atoms with E-state index < -0.39 is 144 Å². The lowest BCUT2D eigenvalue weighted by atomic mass is 9.12. The summed E-state index contributed by atoms with van der Waals surface area (Å²) in [6.07, 6.45) is -5.19. The number of hydrogen-bond acceptors (Lipinski definition) is 1. The highest BCUT2D eigenvalue weighted by Crippen LogP contribution is 2.33. The van der Waals surface area contributed by atoms with Gasteiger partial charge in [0.1, 0.15) is 52.7 Å². The van der Waals surface area contributed by atoms with Gasteiger partial charge in [0.05, 0.1) is 10.9 Å². The fourth-order valence-electron chi connectivity index (χ4n) is 8.87. The van der Waals surface area contributed by atoms with Crippen molar-refractivity contribution < 1.29 is 97.2 Å². The normalized spacial score (nSPS) is 11.6. The van der Waals surface area contributed by atoms with E-state index in [1.54, 1.807) is 0 Å². The van der Waals surface area contributed by atoms with Gasteiger partial charge in [0, 0.05) is 11.6 Å². The van der Waals surface area contributed by atoms with Gasteiger partial charge in [-0.05, 0) is 28.3 Å². The average Bonchev–Trinajstić information content (AvgIpc) is 3.41. The highest BCUT2D eigenvalue weighted by atomic mass is 19.2. The van der Waals surface area contributed by atoms with E-state index in [-0.39, 0.29) is 5.78 Å². The first-order chi connectivity index (χ1) is 35.0. The van der Waals surface area contributed by atoms with E-state index in [1.807, 2.05) is 36.5 Å². The lowest BCUT2D eigenvalue weighted by Crippen LogP contribution is -2.81. The number of fused-ring (bicyclic) bond motifs is 2. The van der Waals surface area contributed by atoms with Gasteiger partial charge >= 0.3 is 0 Å². The molecule has 0 aliphatic rings. The Morgan fingerprint density at radius 3 is 1.00 bits per heavy atom. The second kappa shape index (κ2) is 19.6. The van der Waals surface area contributed by atoms with Gasteiger partial charge in [-0.3, -0.25) is 4.79 Å². The number of benzene rings is 8. The van der Waals surface area contributed by atoms with Gasteiger partial charge in [-0.25, -0.2) is 87.8 Å². The Hall–Kier alpha value is -8.24. The zero-order valence-corrected chi connectivity index (χ0v) is 36.1. The molecule has 0 amide bonds. The van der Waals surface area contributed by atoms with Crippen molar-refractivity contribution in [1.29, 1.82) is 0 Å². The number of nitrogens with zero attached hydrogens (tertiary/aromatic N) is 1. The van der Waals surface area contributed by atoms with Crippen LogP contribution in [0, 0.1) is 116 Å². The molecule has 0 aliphatic heterocycles. The summed E-state index contributed by atoms with van der Waals surface area (Å²) in [5, 5.41) is 4.69. The molecule has 378 valence electrons. The van der Waals surface area contributed by atoms with Gasteiger partial charge in [-0.15, -0.1) is 21.9 Å². The molecule has 2 nitrogen and oxygen atoms in total. The molecule has 0 saturated heterocycles. The second-order valence-electron chi connectivity index (χ2n) is 16.0. The molecule has 0 fully saturated rings. The van der Waals surface area contributed by atoms with E-state index in [9.17, 15) is 57.5 Å². The lowest BCUT2D eigenvalue weighted by molar-refractivity contribution is -0.671. The predicted octanol–water partition coefficient (Wildman–Crippen LogP) is 11.7. The van der Waals surface area contributed by atoms with E-state index in [0.717, 1.165) is 22.2 Å². The summed E-state index contributed by atoms with van der Waals surface area (Å²) in [6, 6.07) is 34.7. The first kappa shape index (κ1) is 52.1. The number of hydrogen-bond donors (Lipinski definition) is 0. The van der Waals surface area contributed by atoms with Crippen LogP contribution in [0.2, 0.25) is 0 Å². The van der Waals surface area contributed by atoms with Crippen LogP contribution in [0.4, 0.5) is 87.8 Å². The zero-order chi connectivity index (χ0) is 54.0. The van der Waals surface area contributed by atoms with E-state index >= 15 is 35.1 Å². The van der Waals surface area contributed by atoms with E-state index in [0.29, 0.717) is 6.54 Å². The van der Waals surface area contributed by atoms with Crippen molar-refractivity contribution in [2.24, 2.45) is 0 Å². The average molecular weight is 1050 g/mol. The molecule has 23 heteroatoms. The number of Topliss-reactive ketones (excluding diaryl/α,β-unsaturated/α-hetero) is 1. The largest absolute Gasteiger partial charge is 0.287 e. The molecule has 9 aromatic rings. The summed E-state index contributed by atoms with van der Waals surface area (Å²) in [5.41, 5.74) is -11.4. The molecule has 0 radical (unpaired) electrons. The Kier molecular flexibility index (Phi) is 13.8. The van der Waals surface area contributed by atoms with Crippen molar-refractivity contribution in [3.8, 4) is 11.3 Å². The Balaban J connectivity index is 0.000000215. The van der Waals surface area contributed by atoms with Crippen LogP contribution in [-0.4, -0.2) is 11.9 Å². The predicted molar refractivity (Wildman–Crippen MR) is 227 cm³/mol. The van der Waals surface area contributed by atoms with Gasteiger partial charge in [0.2, 0.25) is 18.0 Å². The van der Waals surface area contributed by atoms with Crippen LogP contribution in [0.5, 0.6) is 0 Å². The van der Waals surface area contributed by atoms with Crippen molar-refractivity contribution in [3.63, 3.8) is 0 Å². The molecule has 0 bridgehead atoms. The first-order valence-electron chi connectivity index (χ1n) is 20.7. The van der Waals surface area contributed by atoms with Gasteiger partial charge in [0.25, 0.3) is 0 Å². The Morgan fingerprint density at radius 1 is 0.324 bits per heavy atom. The van der Waals surface area contributed by atoms with E-state index in [4.69, 9.17) is 0 Å². The van der Waals surface area contributed by atoms with Crippen molar-refractivity contribution in [2.75, 3.05) is 0 Å². The van der Waals surface area contributed by atoms with Crippen LogP contribution in [0.15, 0.2) is 109 Å². The molecular formula is C51H20BF20NO. The minimum atomic E-state index is -7.22. The summed E-state index contributed by atoms with van der Waals surface area (Å²) < 4.78 is 296. The maximum absolute atomic E-state index is 15.4. The van der Waals surface area contributed by atoms with E-state index in [2.05, 4.69) is 77.4 Å². The number of rotatable bonds is 8. The Bertz CT molecular complexity index is 3410. The molecule has 0 N–H and O–H groups in total. The molecule has 0 saturated carbocycles. The van der Waals surface area contributed by atoms with Gasteiger partial charge in [-0.1, -0.05) is 84.9 Å². The molecule has 8 aromatic carbocycles. The van der Waals surface area contributed by atoms with Crippen molar-refractivity contribution >= 4 is 55.3 Å². The molecule has 0 spiro atoms. The van der Waals surface area contributed by atoms with Crippen LogP contribution in [0.3, 0.4) is 0 Å². The maximum Gasteiger partial charge on any atom is 0.227 e. The number of aromatic nitrogens is 1. The van der Waals surface area contributed by atoms with Gasteiger partial charge in [0.15, 0.2) is 76.0 Å². The monoisotopic (exact) mass is 1050 g/mol. The van der Waals surface area contributed by atoms with Gasteiger partial charge in [-0.2, -0.15) is 4.57 Å². The summed E-state index contributed by atoms with van der Waals surface area (Å²) in [7, 11) is 0. The number of ketones is 1. The zero-order valence-electron chi connectivity index (χ0n) is 36.1. The number of pyridine rings is 1. The summed E-state index contributed by atoms with van der Waals surface area (Å²) in [5.74, 6) is -71.3. The molecule has 0 atom stereocenters. The number of halogens is 20. The highest BCUT2D eigenvalue weighted by molar-refractivity contribution is 7.20. The molecule has 0 unspecified atom stereocenters. The molecule has 0 aliphatic carbocycles. The summed E-state index contributed by atoms with van der Waals surface area (Å²) in [4.78, 5) is 13.0. The topological polar surface area (TPSA) is 20.9 Å².